The Bertz CT molecular complexity index is 905. The zero-order valence-corrected chi connectivity index (χ0v) is 17.4. The molecule has 0 radical (unpaired) electrons. The number of carbonyl (C=O) groups is 2. The highest BCUT2D eigenvalue weighted by Crippen LogP contribution is 2.34. The molecule has 1 saturated heterocycles. The molecular formula is C21H24ClN3O2S. The number of carbonyl (C=O) groups excluding carboxylic acids is 2. The fourth-order valence-corrected chi connectivity index (χ4v) is 4.46. The molecule has 1 atom stereocenters. The Balaban J connectivity index is 0.00000225. The molecular weight excluding hydrogens is 394 g/mol. The van der Waals surface area contributed by atoms with Crippen LogP contribution in [0.5, 0.6) is 0 Å². The summed E-state index contributed by atoms with van der Waals surface area (Å²) >= 11 is 1.64. The first-order chi connectivity index (χ1) is 13.1. The smallest absolute Gasteiger partial charge is 0.232 e. The molecule has 1 unspecified atom stereocenters. The third-order valence-electron chi connectivity index (χ3n) is 5.39. The number of thioether (sulfide) groups is 1. The molecule has 0 bridgehead atoms. The van der Waals surface area contributed by atoms with Gasteiger partial charge in [0, 0.05) is 41.5 Å². The lowest BCUT2D eigenvalue weighted by molar-refractivity contribution is -0.124. The second-order valence-corrected chi connectivity index (χ2v) is 7.92. The number of amides is 2. The first kappa shape index (κ1) is 20.6. The van der Waals surface area contributed by atoms with Crippen molar-refractivity contribution in [3.05, 3.63) is 48.0 Å². The van der Waals surface area contributed by atoms with Crippen LogP contribution in [0.2, 0.25) is 0 Å². The van der Waals surface area contributed by atoms with Gasteiger partial charge in [-0.3, -0.25) is 9.59 Å². The summed E-state index contributed by atoms with van der Waals surface area (Å²) in [6.07, 6.45) is 4.06. The fourth-order valence-electron chi connectivity index (χ4n) is 4.00. The van der Waals surface area contributed by atoms with Crippen molar-refractivity contribution >= 4 is 53.0 Å². The Morgan fingerprint density at radius 3 is 2.79 bits per heavy atom. The van der Waals surface area contributed by atoms with Crippen molar-refractivity contribution in [3.63, 3.8) is 0 Å². The molecule has 2 aliphatic heterocycles. The predicted octanol–water partition coefficient (Wildman–Crippen LogP) is 3.74. The topological polar surface area (TPSA) is 66.6 Å². The highest BCUT2D eigenvalue weighted by atomic mass is 35.5. The number of hydrogen-bond acceptors (Lipinski definition) is 4. The van der Waals surface area contributed by atoms with Crippen LogP contribution in [0.25, 0.3) is 0 Å². The minimum absolute atomic E-state index is 0. The largest absolute Gasteiger partial charge is 0.398 e. The molecule has 1 fully saturated rings. The van der Waals surface area contributed by atoms with E-state index in [1.807, 2.05) is 53.6 Å². The van der Waals surface area contributed by atoms with Crippen molar-refractivity contribution in [3.8, 4) is 0 Å². The SMILES string of the molecule is CSc1cccc(N2CC(C(=O)N3CCCc4c(N)cccc43)CC2=O)c1.Cl. The molecule has 0 aliphatic carbocycles. The molecule has 148 valence electrons. The second kappa shape index (κ2) is 8.45. The Morgan fingerprint density at radius 2 is 2.00 bits per heavy atom. The van der Waals surface area contributed by atoms with Crippen LogP contribution in [0.3, 0.4) is 0 Å². The maximum Gasteiger partial charge on any atom is 0.232 e. The van der Waals surface area contributed by atoms with Crippen LogP contribution in [0.15, 0.2) is 47.4 Å². The molecule has 2 aromatic carbocycles. The molecule has 0 saturated carbocycles. The summed E-state index contributed by atoms with van der Waals surface area (Å²) in [5.74, 6) is -0.280. The summed E-state index contributed by atoms with van der Waals surface area (Å²) in [7, 11) is 0. The molecule has 28 heavy (non-hydrogen) atoms. The predicted molar refractivity (Wildman–Crippen MR) is 117 cm³/mol. The van der Waals surface area contributed by atoms with Crippen LogP contribution >= 0.6 is 24.2 Å². The number of rotatable bonds is 3. The molecule has 2 amide bonds. The van der Waals surface area contributed by atoms with Crippen LogP contribution in [0.1, 0.15) is 18.4 Å². The van der Waals surface area contributed by atoms with Crippen molar-refractivity contribution in [2.75, 3.05) is 34.9 Å². The van der Waals surface area contributed by atoms with E-state index in [0.717, 1.165) is 40.4 Å². The number of nitrogen functional groups attached to an aromatic ring is 1. The van der Waals surface area contributed by atoms with E-state index in [1.54, 1.807) is 16.7 Å². The van der Waals surface area contributed by atoms with Gasteiger partial charge in [-0.2, -0.15) is 0 Å². The lowest BCUT2D eigenvalue weighted by atomic mass is 9.97. The zero-order valence-electron chi connectivity index (χ0n) is 15.8. The van der Waals surface area contributed by atoms with E-state index in [2.05, 4.69) is 0 Å². The number of halogens is 1. The molecule has 0 spiro atoms. The van der Waals surface area contributed by atoms with E-state index >= 15 is 0 Å². The third kappa shape index (κ3) is 3.71. The van der Waals surface area contributed by atoms with Gasteiger partial charge in [0.1, 0.15) is 0 Å². The average molecular weight is 418 g/mol. The number of fused-ring (bicyclic) bond motifs is 1. The van der Waals surface area contributed by atoms with E-state index in [4.69, 9.17) is 5.73 Å². The molecule has 2 aromatic rings. The van der Waals surface area contributed by atoms with Gasteiger partial charge in [0.2, 0.25) is 11.8 Å². The molecule has 7 heteroatoms. The summed E-state index contributed by atoms with van der Waals surface area (Å²) in [6, 6.07) is 13.6. The van der Waals surface area contributed by atoms with Gasteiger partial charge in [0.05, 0.1) is 5.92 Å². The normalized spacial score (nSPS) is 18.6. The average Bonchev–Trinajstić information content (AvgIpc) is 3.09. The van der Waals surface area contributed by atoms with Gasteiger partial charge in [-0.15, -0.1) is 24.2 Å². The van der Waals surface area contributed by atoms with Gasteiger partial charge >= 0.3 is 0 Å². The van der Waals surface area contributed by atoms with Crippen molar-refractivity contribution in [1.29, 1.82) is 0 Å². The number of nitrogens with two attached hydrogens (primary N) is 1. The lowest BCUT2D eigenvalue weighted by Crippen LogP contribution is -2.40. The minimum Gasteiger partial charge on any atom is -0.398 e. The van der Waals surface area contributed by atoms with Gasteiger partial charge in [-0.25, -0.2) is 0 Å². The van der Waals surface area contributed by atoms with Gasteiger partial charge in [-0.05, 0) is 55.0 Å². The van der Waals surface area contributed by atoms with Gasteiger partial charge in [-0.1, -0.05) is 12.1 Å². The van der Waals surface area contributed by atoms with Crippen LogP contribution in [0.4, 0.5) is 17.1 Å². The molecule has 5 nitrogen and oxygen atoms in total. The zero-order chi connectivity index (χ0) is 19.0. The lowest BCUT2D eigenvalue weighted by Gasteiger charge is -2.32. The third-order valence-corrected chi connectivity index (χ3v) is 6.12. The summed E-state index contributed by atoms with van der Waals surface area (Å²) in [5.41, 5.74) is 9.66. The van der Waals surface area contributed by atoms with E-state index in [1.165, 1.54) is 0 Å². The monoisotopic (exact) mass is 417 g/mol. The Labute approximate surface area is 175 Å². The van der Waals surface area contributed by atoms with E-state index in [9.17, 15) is 9.59 Å². The van der Waals surface area contributed by atoms with Crippen LogP contribution in [-0.4, -0.2) is 31.2 Å². The van der Waals surface area contributed by atoms with E-state index in [-0.39, 0.29) is 36.6 Å². The van der Waals surface area contributed by atoms with Crippen molar-refractivity contribution in [2.45, 2.75) is 24.2 Å². The number of nitrogens with zero attached hydrogens (tertiary/aromatic N) is 2. The van der Waals surface area contributed by atoms with Gasteiger partial charge < -0.3 is 15.5 Å². The summed E-state index contributed by atoms with van der Waals surface area (Å²) in [6.45, 7) is 1.12. The quantitative estimate of drug-likeness (QED) is 0.610. The van der Waals surface area contributed by atoms with E-state index in [0.29, 0.717) is 13.1 Å². The maximum atomic E-state index is 13.2. The summed E-state index contributed by atoms with van der Waals surface area (Å²) < 4.78 is 0. The Hall–Kier alpha value is -2.18. The van der Waals surface area contributed by atoms with Crippen molar-refractivity contribution < 1.29 is 9.59 Å². The Kier molecular flexibility index (Phi) is 6.20. The minimum atomic E-state index is -0.317. The summed E-state index contributed by atoms with van der Waals surface area (Å²) in [5, 5.41) is 0. The number of benzene rings is 2. The first-order valence-electron chi connectivity index (χ1n) is 9.21. The van der Waals surface area contributed by atoms with Crippen LogP contribution in [-0.2, 0) is 16.0 Å². The number of anilines is 3. The standard InChI is InChI=1S/C21H23N3O2S.ClH/c1-27-16-6-2-5-15(12-16)24-13-14(11-20(24)25)21(26)23-10-4-7-17-18(22)8-3-9-19(17)23;/h2-3,5-6,8-9,12,14H,4,7,10-11,13,22H2,1H3;1H. The Morgan fingerprint density at radius 1 is 1.21 bits per heavy atom. The molecule has 0 aromatic heterocycles. The van der Waals surface area contributed by atoms with Crippen LogP contribution < -0.4 is 15.5 Å². The maximum absolute atomic E-state index is 13.2. The van der Waals surface area contributed by atoms with Gasteiger partial charge in [0.25, 0.3) is 0 Å². The molecule has 2 heterocycles. The van der Waals surface area contributed by atoms with Gasteiger partial charge in [0.15, 0.2) is 0 Å². The van der Waals surface area contributed by atoms with E-state index < -0.39 is 0 Å². The fraction of sp³-hybridized carbons (Fsp3) is 0.333. The number of hydrogen-bond donors (Lipinski definition) is 1. The van der Waals surface area contributed by atoms with Crippen molar-refractivity contribution in [1.82, 2.24) is 0 Å². The first-order valence-corrected chi connectivity index (χ1v) is 10.4. The molecule has 4 rings (SSSR count). The highest BCUT2D eigenvalue weighted by Gasteiger charge is 2.38. The second-order valence-electron chi connectivity index (χ2n) is 7.05. The highest BCUT2D eigenvalue weighted by molar-refractivity contribution is 7.98. The van der Waals surface area contributed by atoms with Crippen LogP contribution in [0, 0.1) is 5.92 Å². The summed E-state index contributed by atoms with van der Waals surface area (Å²) in [4.78, 5) is 30.5. The molecule has 2 N–H and O–H groups in total. The molecule has 2 aliphatic rings. The van der Waals surface area contributed by atoms with Crippen molar-refractivity contribution in [2.24, 2.45) is 5.92 Å².